The second-order valence-electron chi connectivity index (χ2n) is 3.73. The summed E-state index contributed by atoms with van der Waals surface area (Å²) in [4.78, 5) is 27.1. The predicted octanol–water partition coefficient (Wildman–Crippen LogP) is 1.92. The number of nitrogens with zero attached hydrogens (tertiary/aromatic N) is 1. The fraction of sp³-hybridized carbons (Fsp3) is 0.417. The van der Waals surface area contributed by atoms with E-state index in [-0.39, 0.29) is 5.91 Å². The zero-order chi connectivity index (χ0) is 13.5. The van der Waals surface area contributed by atoms with Gasteiger partial charge in [-0.05, 0) is 35.3 Å². The van der Waals surface area contributed by atoms with Crippen LogP contribution in [0.3, 0.4) is 0 Å². The molecule has 1 aromatic rings. The van der Waals surface area contributed by atoms with Gasteiger partial charge in [0.1, 0.15) is 0 Å². The van der Waals surface area contributed by atoms with Gasteiger partial charge in [0.25, 0.3) is 5.91 Å². The molecular formula is C12H15BrN2O3. The van der Waals surface area contributed by atoms with Gasteiger partial charge in [-0.1, -0.05) is 6.92 Å². The normalized spacial score (nSPS) is 11.7. The summed E-state index contributed by atoms with van der Waals surface area (Å²) in [6, 6.07) is 1.59. The molecule has 0 aromatic carbocycles. The van der Waals surface area contributed by atoms with E-state index in [0.717, 1.165) is 6.42 Å². The minimum atomic E-state index is -0.817. The largest absolute Gasteiger partial charge is 0.449 e. The fourth-order valence-electron chi connectivity index (χ4n) is 1.20. The quantitative estimate of drug-likeness (QED) is 0.843. The second kappa shape index (κ2) is 7.10. The molecule has 18 heavy (non-hydrogen) atoms. The molecule has 0 saturated heterocycles. The van der Waals surface area contributed by atoms with Crippen LogP contribution in [0.1, 0.15) is 30.6 Å². The highest BCUT2D eigenvalue weighted by molar-refractivity contribution is 9.10. The molecule has 1 heterocycles. The molecule has 0 spiro atoms. The lowest BCUT2D eigenvalue weighted by atomic mass is 10.3. The number of esters is 1. The maximum absolute atomic E-state index is 11.7. The van der Waals surface area contributed by atoms with Crippen LogP contribution in [-0.2, 0) is 9.53 Å². The third kappa shape index (κ3) is 4.44. The molecule has 0 aliphatic rings. The van der Waals surface area contributed by atoms with E-state index in [1.165, 1.54) is 13.1 Å². The zero-order valence-electron chi connectivity index (χ0n) is 10.3. The van der Waals surface area contributed by atoms with Gasteiger partial charge >= 0.3 is 5.97 Å². The average molecular weight is 315 g/mol. The van der Waals surface area contributed by atoms with Gasteiger partial charge in [0.2, 0.25) is 0 Å². The van der Waals surface area contributed by atoms with E-state index in [4.69, 9.17) is 4.74 Å². The molecule has 0 radical (unpaired) electrons. The summed E-state index contributed by atoms with van der Waals surface area (Å²) < 4.78 is 5.72. The number of hydrogen-bond donors (Lipinski definition) is 1. The van der Waals surface area contributed by atoms with Crippen molar-refractivity contribution in [3.05, 3.63) is 28.5 Å². The average Bonchev–Trinajstić information content (AvgIpc) is 2.35. The van der Waals surface area contributed by atoms with Crippen LogP contribution >= 0.6 is 15.9 Å². The van der Waals surface area contributed by atoms with E-state index in [0.29, 0.717) is 16.6 Å². The smallest absolute Gasteiger partial charge is 0.340 e. The number of carbonyl (C=O) groups excluding carboxylic acids is 2. The molecule has 0 saturated carbocycles. The second-order valence-corrected chi connectivity index (χ2v) is 4.65. The molecule has 6 heteroatoms. The summed E-state index contributed by atoms with van der Waals surface area (Å²) in [6.45, 7) is 4.05. The van der Waals surface area contributed by atoms with Crippen molar-refractivity contribution < 1.29 is 14.3 Å². The van der Waals surface area contributed by atoms with Crippen LogP contribution < -0.4 is 5.32 Å². The number of pyridine rings is 1. The highest BCUT2D eigenvalue weighted by Gasteiger charge is 2.18. The van der Waals surface area contributed by atoms with E-state index >= 15 is 0 Å². The monoisotopic (exact) mass is 314 g/mol. The topological polar surface area (TPSA) is 68.3 Å². The van der Waals surface area contributed by atoms with E-state index in [1.54, 1.807) is 12.3 Å². The number of hydrogen-bond acceptors (Lipinski definition) is 4. The Bertz CT molecular complexity index is 437. The molecule has 5 nitrogen and oxygen atoms in total. The van der Waals surface area contributed by atoms with Gasteiger partial charge in [0, 0.05) is 23.4 Å². The minimum Gasteiger partial charge on any atom is -0.449 e. The summed E-state index contributed by atoms with van der Waals surface area (Å²) >= 11 is 3.21. The van der Waals surface area contributed by atoms with E-state index in [9.17, 15) is 9.59 Å². The Labute approximate surface area is 114 Å². The van der Waals surface area contributed by atoms with Crippen molar-refractivity contribution in [1.29, 1.82) is 0 Å². The van der Waals surface area contributed by atoms with Crippen LogP contribution in [0.25, 0.3) is 0 Å². The van der Waals surface area contributed by atoms with Crippen molar-refractivity contribution in [1.82, 2.24) is 10.3 Å². The van der Waals surface area contributed by atoms with Crippen molar-refractivity contribution in [3.63, 3.8) is 0 Å². The Balaban J connectivity index is 2.56. The summed E-state index contributed by atoms with van der Waals surface area (Å²) in [5, 5.41) is 2.66. The zero-order valence-corrected chi connectivity index (χ0v) is 11.9. The summed E-state index contributed by atoms with van der Waals surface area (Å²) in [5.41, 5.74) is 0.305. The lowest BCUT2D eigenvalue weighted by Crippen LogP contribution is -2.36. The molecule has 1 amide bonds. The molecule has 0 aliphatic carbocycles. The van der Waals surface area contributed by atoms with Crippen molar-refractivity contribution in [2.45, 2.75) is 26.4 Å². The number of amides is 1. The van der Waals surface area contributed by atoms with Gasteiger partial charge in [0.05, 0.1) is 5.56 Å². The third-order valence-electron chi connectivity index (χ3n) is 2.14. The number of nitrogens with one attached hydrogen (secondary N) is 1. The van der Waals surface area contributed by atoms with E-state index in [2.05, 4.69) is 26.2 Å². The van der Waals surface area contributed by atoms with Gasteiger partial charge < -0.3 is 10.1 Å². The third-order valence-corrected chi connectivity index (χ3v) is 2.58. The molecule has 98 valence electrons. The van der Waals surface area contributed by atoms with Crippen molar-refractivity contribution >= 4 is 27.8 Å². The van der Waals surface area contributed by atoms with E-state index < -0.39 is 12.1 Å². The van der Waals surface area contributed by atoms with Crippen LogP contribution in [0.4, 0.5) is 0 Å². The molecule has 1 N–H and O–H groups in total. The first-order valence-corrected chi connectivity index (χ1v) is 6.43. The summed E-state index contributed by atoms with van der Waals surface area (Å²) in [7, 11) is 0. The van der Waals surface area contributed by atoms with Gasteiger partial charge in [-0.2, -0.15) is 0 Å². The molecule has 1 unspecified atom stereocenters. The van der Waals surface area contributed by atoms with Crippen molar-refractivity contribution in [2.75, 3.05) is 6.54 Å². The Morgan fingerprint density at radius 3 is 2.83 bits per heavy atom. The minimum absolute atomic E-state index is 0.298. The van der Waals surface area contributed by atoms with Crippen LogP contribution in [-0.4, -0.2) is 29.5 Å². The van der Waals surface area contributed by atoms with Crippen LogP contribution in [0.5, 0.6) is 0 Å². The molecule has 0 aliphatic heterocycles. The lowest BCUT2D eigenvalue weighted by molar-refractivity contribution is -0.129. The van der Waals surface area contributed by atoms with Gasteiger partial charge in [-0.3, -0.25) is 9.78 Å². The Kier molecular flexibility index (Phi) is 5.77. The van der Waals surface area contributed by atoms with Crippen LogP contribution in [0.15, 0.2) is 22.9 Å². The van der Waals surface area contributed by atoms with Gasteiger partial charge in [0.15, 0.2) is 6.10 Å². The number of aromatic nitrogens is 1. The predicted molar refractivity (Wildman–Crippen MR) is 70.1 cm³/mol. The number of carbonyl (C=O) groups is 2. The highest BCUT2D eigenvalue weighted by atomic mass is 79.9. The first-order valence-electron chi connectivity index (χ1n) is 5.63. The molecular weight excluding hydrogens is 300 g/mol. The first kappa shape index (κ1) is 14.6. The Hall–Kier alpha value is -1.43. The standard InChI is InChI=1S/C12H15BrN2O3/c1-3-4-15-11(16)8(2)18-12(17)9-5-10(13)7-14-6-9/h5-8H,3-4H2,1-2H3,(H,15,16). The van der Waals surface area contributed by atoms with Crippen LogP contribution in [0, 0.1) is 0 Å². The summed E-state index contributed by atoms with van der Waals surface area (Å²) in [5.74, 6) is -0.865. The fourth-order valence-corrected chi connectivity index (χ4v) is 1.56. The number of ether oxygens (including phenoxy) is 1. The maximum atomic E-state index is 11.7. The van der Waals surface area contributed by atoms with Crippen LogP contribution in [0.2, 0.25) is 0 Å². The molecule has 1 aromatic heterocycles. The highest BCUT2D eigenvalue weighted by Crippen LogP contribution is 2.11. The Morgan fingerprint density at radius 2 is 2.22 bits per heavy atom. The number of rotatable bonds is 5. The maximum Gasteiger partial charge on any atom is 0.340 e. The summed E-state index contributed by atoms with van der Waals surface area (Å²) in [6.07, 6.45) is 2.97. The number of halogens is 1. The SMILES string of the molecule is CCCNC(=O)C(C)OC(=O)c1cncc(Br)c1. The van der Waals surface area contributed by atoms with Crippen molar-refractivity contribution in [2.24, 2.45) is 0 Å². The molecule has 1 rings (SSSR count). The molecule has 0 fully saturated rings. The van der Waals surface area contributed by atoms with Crippen molar-refractivity contribution in [3.8, 4) is 0 Å². The Morgan fingerprint density at radius 1 is 1.50 bits per heavy atom. The van der Waals surface area contributed by atoms with Gasteiger partial charge in [-0.25, -0.2) is 4.79 Å². The first-order chi connectivity index (χ1) is 8.54. The molecule has 1 atom stereocenters. The van der Waals surface area contributed by atoms with Gasteiger partial charge in [-0.15, -0.1) is 0 Å². The lowest BCUT2D eigenvalue weighted by Gasteiger charge is -2.12. The van der Waals surface area contributed by atoms with E-state index in [1.807, 2.05) is 6.92 Å². The molecule has 0 bridgehead atoms.